The quantitative estimate of drug-likeness (QED) is 0.662. The van der Waals surface area contributed by atoms with Gasteiger partial charge in [-0.2, -0.15) is 5.10 Å². The molecule has 0 saturated carbocycles. The van der Waals surface area contributed by atoms with E-state index in [0.717, 1.165) is 34.9 Å². The van der Waals surface area contributed by atoms with Crippen molar-refractivity contribution in [1.29, 1.82) is 0 Å². The van der Waals surface area contributed by atoms with Gasteiger partial charge in [0.05, 0.1) is 23.5 Å². The van der Waals surface area contributed by atoms with E-state index in [0.29, 0.717) is 13.1 Å². The Morgan fingerprint density at radius 1 is 1.00 bits per heavy atom. The van der Waals surface area contributed by atoms with Crippen molar-refractivity contribution < 1.29 is 5.11 Å². The lowest BCUT2D eigenvalue weighted by Gasteiger charge is -2.50. The summed E-state index contributed by atoms with van der Waals surface area (Å²) in [5.74, 6) is 1.67. The SMILES string of the molecule is Cc1c(Cc2ccccc2)nnc(N2C[C@@H](C)N(c3cnccn3)C[C@@H]2C(C)(C)O)c1C. The molecular formula is C25H32N6O. The van der Waals surface area contributed by atoms with Crippen LogP contribution in [0.2, 0.25) is 0 Å². The fraction of sp³-hybridized carbons (Fsp3) is 0.440. The number of aliphatic hydroxyl groups is 1. The van der Waals surface area contributed by atoms with E-state index in [1.165, 1.54) is 5.56 Å². The summed E-state index contributed by atoms with van der Waals surface area (Å²) in [6.07, 6.45) is 5.92. The van der Waals surface area contributed by atoms with Crippen LogP contribution in [0.5, 0.6) is 0 Å². The Bertz CT molecular complexity index is 1050. The minimum Gasteiger partial charge on any atom is -0.388 e. The normalized spacial score (nSPS) is 19.3. The van der Waals surface area contributed by atoms with Crippen LogP contribution < -0.4 is 9.80 Å². The molecule has 1 fully saturated rings. The Labute approximate surface area is 190 Å². The molecule has 7 heteroatoms. The number of piperazine rings is 1. The maximum atomic E-state index is 11.1. The molecule has 1 aliphatic heterocycles. The van der Waals surface area contributed by atoms with Gasteiger partial charge in [-0.15, -0.1) is 5.10 Å². The predicted molar refractivity (Wildman–Crippen MR) is 127 cm³/mol. The van der Waals surface area contributed by atoms with Gasteiger partial charge < -0.3 is 14.9 Å². The van der Waals surface area contributed by atoms with E-state index >= 15 is 0 Å². The lowest BCUT2D eigenvalue weighted by atomic mass is 9.92. The standard InChI is InChI=1S/C25H32N6O/c1-17-15-31(22(25(4,5)32)16-30(17)23-14-26-11-12-27-23)24-19(3)18(2)21(28-29-24)13-20-9-7-6-8-10-20/h6-12,14,17,22,32H,13,15-16H2,1-5H3/t17-,22-/m1/s1. The molecule has 0 unspecified atom stereocenters. The average molecular weight is 433 g/mol. The second-order valence-electron chi connectivity index (χ2n) is 9.27. The molecule has 1 saturated heterocycles. The van der Waals surface area contributed by atoms with Crippen molar-refractivity contribution in [1.82, 2.24) is 20.2 Å². The van der Waals surface area contributed by atoms with Crippen LogP contribution in [0.3, 0.4) is 0 Å². The maximum absolute atomic E-state index is 11.1. The van der Waals surface area contributed by atoms with Crippen molar-refractivity contribution in [3.05, 3.63) is 71.3 Å². The van der Waals surface area contributed by atoms with Crippen molar-refractivity contribution in [2.75, 3.05) is 22.9 Å². The number of aromatic nitrogens is 4. The highest BCUT2D eigenvalue weighted by Gasteiger charge is 2.41. The molecule has 0 aliphatic carbocycles. The Kier molecular flexibility index (Phi) is 6.11. The highest BCUT2D eigenvalue weighted by atomic mass is 16.3. The van der Waals surface area contributed by atoms with Crippen LogP contribution in [0.15, 0.2) is 48.9 Å². The number of hydrogen-bond donors (Lipinski definition) is 1. The van der Waals surface area contributed by atoms with E-state index in [4.69, 9.17) is 0 Å². The first kappa shape index (κ1) is 22.1. The van der Waals surface area contributed by atoms with Crippen LogP contribution in [0.25, 0.3) is 0 Å². The Morgan fingerprint density at radius 3 is 2.41 bits per heavy atom. The van der Waals surface area contributed by atoms with Gasteiger partial charge in [-0.1, -0.05) is 30.3 Å². The molecule has 4 rings (SSSR count). The zero-order valence-corrected chi connectivity index (χ0v) is 19.5. The molecule has 0 spiro atoms. The highest BCUT2D eigenvalue weighted by Crippen LogP contribution is 2.32. The van der Waals surface area contributed by atoms with E-state index in [1.54, 1.807) is 18.6 Å². The van der Waals surface area contributed by atoms with Gasteiger partial charge >= 0.3 is 0 Å². The molecule has 0 amide bonds. The van der Waals surface area contributed by atoms with E-state index in [-0.39, 0.29) is 12.1 Å². The first-order valence-electron chi connectivity index (χ1n) is 11.1. The number of benzene rings is 1. The van der Waals surface area contributed by atoms with Gasteiger partial charge in [0.25, 0.3) is 0 Å². The first-order valence-corrected chi connectivity index (χ1v) is 11.1. The Morgan fingerprint density at radius 2 is 1.75 bits per heavy atom. The van der Waals surface area contributed by atoms with Gasteiger partial charge in [-0.25, -0.2) is 4.98 Å². The van der Waals surface area contributed by atoms with Crippen molar-refractivity contribution in [2.24, 2.45) is 0 Å². The number of nitrogens with zero attached hydrogens (tertiary/aromatic N) is 6. The predicted octanol–water partition coefficient (Wildman–Crippen LogP) is 3.33. The van der Waals surface area contributed by atoms with Crippen molar-refractivity contribution >= 4 is 11.6 Å². The minimum absolute atomic E-state index is 0.173. The van der Waals surface area contributed by atoms with Gasteiger partial charge in [-0.3, -0.25) is 4.98 Å². The van der Waals surface area contributed by atoms with Crippen LogP contribution in [0.1, 0.15) is 43.2 Å². The van der Waals surface area contributed by atoms with Crippen LogP contribution in [-0.4, -0.2) is 56.0 Å². The zero-order valence-electron chi connectivity index (χ0n) is 19.5. The molecule has 32 heavy (non-hydrogen) atoms. The summed E-state index contributed by atoms with van der Waals surface area (Å²) in [5, 5.41) is 20.4. The molecule has 3 aromatic rings. The van der Waals surface area contributed by atoms with Crippen molar-refractivity contribution in [3.8, 4) is 0 Å². The summed E-state index contributed by atoms with van der Waals surface area (Å²) in [6, 6.07) is 10.3. The fourth-order valence-corrected chi connectivity index (χ4v) is 4.44. The van der Waals surface area contributed by atoms with Crippen LogP contribution >= 0.6 is 0 Å². The second-order valence-corrected chi connectivity index (χ2v) is 9.27. The van der Waals surface area contributed by atoms with Crippen LogP contribution in [0, 0.1) is 13.8 Å². The van der Waals surface area contributed by atoms with E-state index in [1.807, 2.05) is 32.0 Å². The lowest BCUT2D eigenvalue weighted by molar-refractivity contribution is 0.0453. The molecule has 1 aromatic carbocycles. The topological polar surface area (TPSA) is 78.3 Å². The van der Waals surface area contributed by atoms with E-state index < -0.39 is 5.60 Å². The third-order valence-corrected chi connectivity index (χ3v) is 6.48. The third kappa shape index (κ3) is 4.43. The summed E-state index contributed by atoms with van der Waals surface area (Å²) >= 11 is 0. The van der Waals surface area contributed by atoms with Crippen LogP contribution in [-0.2, 0) is 6.42 Å². The molecule has 2 atom stereocenters. The maximum Gasteiger partial charge on any atom is 0.154 e. The summed E-state index contributed by atoms with van der Waals surface area (Å²) in [5.41, 5.74) is 3.53. The largest absolute Gasteiger partial charge is 0.388 e. The summed E-state index contributed by atoms with van der Waals surface area (Å²) in [7, 11) is 0. The lowest BCUT2D eigenvalue weighted by Crippen LogP contribution is -2.64. The Balaban J connectivity index is 1.66. The number of hydrogen-bond acceptors (Lipinski definition) is 7. The summed E-state index contributed by atoms with van der Waals surface area (Å²) < 4.78 is 0. The van der Waals surface area contributed by atoms with Gasteiger partial charge in [0.1, 0.15) is 5.82 Å². The molecule has 7 nitrogen and oxygen atoms in total. The van der Waals surface area contributed by atoms with E-state index in [2.05, 4.69) is 62.9 Å². The molecule has 1 aliphatic rings. The van der Waals surface area contributed by atoms with Crippen LogP contribution in [0.4, 0.5) is 11.6 Å². The van der Waals surface area contributed by atoms with E-state index in [9.17, 15) is 5.11 Å². The highest BCUT2D eigenvalue weighted by molar-refractivity contribution is 5.54. The monoisotopic (exact) mass is 432 g/mol. The molecular weight excluding hydrogens is 400 g/mol. The van der Waals surface area contributed by atoms with Gasteiger partial charge in [0, 0.05) is 37.9 Å². The molecule has 0 bridgehead atoms. The smallest absolute Gasteiger partial charge is 0.154 e. The Hall–Kier alpha value is -3.06. The molecule has 3 heterocycles. The summed E-state index contributed by atoms with van der Waals surface area (Å²) in [4.78, 5) is 13.1. The summed E-state index contributed by atoms with van der Waals surface area (Å²) in [6.45, 7) is 11.4. The minimum atomic E-state index is -0.939. The third-order valence-electron chi connectivity index (χ3n) is 6.48. The average Bonchev–Trinajstić information content (AvgIpc) is 2.77. The van der Waals surface area contributed by atoms with Gasteiger partial charge in [0.2, 0.25) is 0 Å². The van der Waals surface area contributed by atoms with Gasteiger partial charge in [-0.05, 0) is 51.3 Å². The molecule has 2 aromatic heterocycles. The fourth-order valence-electron chi connectivity index (χ4n) is 4.44. The zero-order chi connectivity index (χ0) is 22.9. The second kappa shape index (κ2) is 8.82. The van der Waals surface area contributed by atoms with Crippen molar-refractivity contribution in [2.45, 2.75) is 58.7 Å². The first-order chi connectivity index (χ1) is 15.3. The van der Waals surface area contributed by atoms with Crippen molar-refractivity contribution in [3.63, 3.8) is 0 Å². The number of rotatable bonds is 5. The molecule has 0 radical (unpaired) electrons. The molecule has 168 valence electrons. The van der Waals surface area contributed by atoms with Gasteiger partial charge in [0.15, 0.2) is 5.82 Å². The number of anilines is 2. The molecule has 1 N–H and O–H groups in total.